The van der Waals surface area contributed by atoms with Crippen LogP contribution in [0.15, 0.2) is 0 Å². The molecule has 0 aliphatic carbocycles. The van der Waals surface area contributed by atoms with Crippen LogP contribution < -0.4 is 0 Å². The zero-order valence-corrected chi connectivity index (χ0v) is 12.9. The maximum atomic E-state index is 12.3. The molecule has 2 aliphatic rings. The molecule has 1 atom stereocenters. The first-order valence-corrected chi connectivity index (χ1v) is 8.01. The van der Waals surface area contributed by atoms with Gasteiger partial charge in [-0.3, -0.25) is 9.69 Å². The Labute approximate surface area is 126 Å². The lowest BCUT2D eigenvalue weighted by Crippen LogP contribution is -2.46. The SMILES string of the molecule is CCCOC1CCCN(C(=O)CN2CCCOC2=O)CC1. The van der Waals surface area contributed by atoms with Gasteiger partial charge in [0, 0.05) is 26.2 Å². The summed E-state index contributed by atoms with van der Waals surface area (Å²) in [6, 6.07) is 0. The minimum absolute atomic E-state index is 0.0185. The van der Waals surface area contributed by atoms with Crippen molar-refractivity contribution in [3.05, 3.63) is 0 Å². The molecule has 2 heterocycles. The Balaban J connectivity index is 1.78. The lowest BCUT2D eigenvalue weighted by Gasteiger charge is -2.28. The van der Waals surface area contributed by atoms with E-state index in [-0.39, 0.29) is 24.6 Å². The predicted octanol–water partition coefficient (Wildman–Crippen LogP) is 1.64. The number of nitrogens with zero attached hydrogens (tertiary/aromatic N) is 2. The zero-order valence-electron chi connectivity index (χ0n) is 12.9. The Hall–Kier alpha value is -1.30. The fourth-order valence-electron chi connectivity index (χ4n) is 2.77. The molecule has 0 N–H and O–H groups in total. The van der Waals surface area contributed by atoms with E-state index in [1.807, 2.05) is 4.90 Å². The Kier molecular flexibility index (Phi) is 6.29. The molecule has 0 spiro atoms. The maximum absolute atomic E-state index is 12.3. The van der Waals surface area contributed by atoms with E-state index in [0.29, 0.717) is 13.2 Å². The Bertz CT molecular complexity index is 362. The molecule has 21 heavy (non-hydrogen) atoms. The minimum Gasteiger partial charge on any atom is -0.449 e. The second-order valence-electron chi connectivity index (χ2n) is 5.69. The molecule has 2 rings (SSSR count). The minimum atomic E-state index is -0.367. The third-order valence-electron chi connectivity index (χ3n) is 3.97. The molecule has 6 nitrogen and oxygen atoms in total. The van der Waals surface area contributed by atoms with Gasteiger partial charge in [-0.2, -0.15) is 0 Å². The van der Waals surface area contributed by atoms with Crippen LogP contribution in [-0.4, -0.2) is 67.3 Å². The van der Waals surface area contributed by atoms with Gasteiger partial charge in [0.2, 0.25) is 5.91 Å². The topological polar surface area (TPSA) is 59.1 Å². The molecule has 0 radical (unpaired) electrons. The van der Waals surface area contributed by atoms with Crippen LogP contribution in [0.1, 0.15) is 39.0 Å². The number of likely N-dealkylation sites (tertiary alicyclic amines) is 1. The highest BCUT2D eigenvalue weighted by Gasteiger charge is 2.26. The first kappa shape index (κ1) is 16.1. The first-order chi connectivity index (χ1) is 10.2. The normalized spacial score (nSPS) is 23.7. The Morgan fingerprint density at radius 2 is 2.14 bits per heavy atom. The number of rotatable bonds is 5. The summed E-state index contributed by atoms with van der Waals surface area (Å²) >= 11 is 0. The van der Waals surface area contributed by atoms with Crippen LogP contribution in [0.25, 0.3) is 0 Å². The zero-order chi connectivity index (χ0) is 15.1. The number of amides is 2. The first-order valence-electron chi connectivity index (χ1n) is 8.01. The Morgan fingerprint density at radius 3 is 2.90 bits per heavy atom. The summed E-state index contributed by atoms with van der Waals surface area (Å²) in [6.45, 7) is 5.58. The van der Waals surface area contributed by atoms with Crippen LogP contribution in [0.5, 0.6) is 0 Å². The summed E-state index contributed by atoms with van der Waals surface area (Å²) in [7, 11) is 0. The molecular weight excluding hydrogens is 272 g/mol. The van der Waals surface area contributed by atoms with Crippen LogP contribution in [0.3, 0.4) is 0 Å². The highest BCUT2D eigenvalue weighted by atomic mass is 16.6. The standard InChI is InChI=1S/C15H26N2O4/c1-2-10-20-13-5-3-7-16(9-6-13)14(18)12-17-8-4-11-21-15(17)19/h13H,2-12H2,1H3. The fraction of sp³-hybridized carbons (Fsp3) is 0.867. The summed E-state index contributed by atoms with van der Waals surface area (Å²) in [5.41, 5.74) is 0. The largest absolute Gasteiger partial charge is 0.449 e. The van der Waals surface area contributed by atoms with Crippen molar-refractivity contribution >= 4 is 12.0 Å². The van der Waals surface area contributed by atoms with E-state index in [9.17, 15) is 9.59 Å². The number of carbonyl (C=O) groups excluding carboxylic acids is 2. The van der Waals surface area contributed by atoms with Gasteiger partial charge >= 0.3 is 6.09 Å². The van der Waals surface area contributed by atoms with Crippen molar-refractivity contribution in [1.29, 1.82) is 0 Å². The molecule has 2 amide bonds. The second kappa shape index (κ2) is 8.22. The molecule has 0 aromatic carbocycles. The van der Waals surface area contributed by atoms with Crippen molar-refractivity contribution in [3.63, 3.8) is 0 Å². The number of hydrogen-bond donors (Lipinski definition) is 0. The highest BCUT2D eigenvalue weighted by molar-refractivity contribution is 5.82. The summed E-state index contributed by atoms with van der Waals surface area (Å²) in [5, 5.41) is 0. The number of hydrogen-bond acceptors (Lipinski definition) is 4. The summed E-state index contributed by atoms with van der Waals surface area (Å²) in [5.74, 6) is 0.0185. The monoisotopic (exact) mass is 298 g/mol. The molecule has 6 heteroatoms. The molecular formula is C15H26N2O4. The lowest BCUT2D eigenvalue weighted by molar-refractivity contribution is -0.132. The van der Waals surface area contributed by atoms with E-state index in [1.165, 1.54) is 4.90 Å². The number of ether oxygens (including phenoxy) is 2. The smallest absolute Gasteiger partial charge is 0.410 e. The molecule has 0 aromatic heterocycles. The van der Waals surface area contributed by atoms with Gasteiger partial charge in [0.05, 0.1) is 12.7 Å². The molecule has 2 saturated heterocycles. The number of carbonyl (C=O) groups is 2. The average molecular weight is 298 g/mol. The molecule has 2 fully saturated rings. The van der Waals surface area contributed by atoms with Crippen molar-refractivity contribution in [2.45, 2.75) is 45.1 Å². The van der Waals surface area contributed by atoms with Crippen molar-refractivity contribution < 1.29 is 19.1 Å². The number of cyclic esters (lactones) is 1. The molecule has 1 unspecified atom stereocenters. The average Bonchev–Trinajstić information content (AvgIpc) is 2.73. The van der Waals surface area contributed by atoms with E-state index in [4.69, 9.17) is 9.47 Å². The summed E-state index contributed by atoms with van der Waals surface area (Å²) in [6.07, 6.45) is 4.58. The summed E-state index contributed by atoms with van der Waals surface area (Å²) in [4.78, 5) is 27.2. The van der Waals surface area contributed by atoms with Crippen LogP contribution in [0.4, 0.5) is 4.79 Å². The van der Waals surface area contributed by atoms with E-state index >= 15 is 0 Å². The highest BCUT2D eigenvalue weighted by Crippen LogP contribution is 2.15. The quantitative estimate of drug-likeness (QED) is 0.774. The second-order valence-corrected chi connectivity index (χ2v) is 5.69. The Morgan fingerprint density at radius 1 is 1.29 bits per heavy atom. The molecule has 0 saturated carbocycles. The van der Waals surface area contributed by atoms with E-state index in [2.05, 4.69) is 6.92 Å². The van der Waals surface area contributed by atoms with Crippen molar-refractivity contribution in [2.75, 3.05) is 39.4 Å². The molecule has 2 aliphatic heterocycles. The van der Waals surface area contributed by atoms with Gasteiger partial charge < -0.3 is 14.4 Å². The fourth-order valence-corrected chi connectivity index (χ4v) is 2.77. The molecule has 120 valence electrons. The molecule has 0 aromatic rings. The van der Waals surface area contributed by atoms with Crippen LogP contribution in [0.2, 0.25) is 0 Å². The maximum Gasteiger partial charge on any atom is 0.410 e. The predicted molar refractivity (Wildman–Crippen MR) is 78.0 cm³/mol. The van der Waals surface area contributed by atoms with Gasteiger partial charge in [-0.05, 0) is 32.1 Å². The van der Waals surface area contributed by atoms with Crippen molar-refractivity contribution in [3.8, 4) is 0 Å². The summed E-state index contributed by atoms with van der Waals surface area (Å²) < 4.78 is 10.7. The van der Waals surface area contributed by atoms with Gasteiger partial charge in [-0.1, -0.05) is 6.92 Å². The van der Waals surface area contributed by atoms with Gasteiger partial charge in [0.1, 0.15) is 6.54 Å². The third kappa shape index (κ3) is 4.88. The van der Waals surface area contributed by atoms with Crippen LogP contribution in [-0.2, 0) is 14.3 Å². The van der Waals surface area contributed by atoms with Gasteiger partial charge in [0.15, 0.2) is 0 Å². The van der Waals surface area contributed by atoms with Gasteiger partial charge in [-0.25, -0.2) is 4.79 Å². The van der Waals surface area contributed by atoms with Crippen LogP contribution >= 0.6 is 0 Å². The van der Waals surface area contributed by atoms with Crippen LogP contribution in [0, 0.1) is 0 Å². The lowest BCUT2D eigenvalue weighted by atomic mass is 10.2. The molecule has 0 bridgehead atoms. The van der Waals surface area contributed by atoms with E-state index in [1.54, 1.807) is 0 Å². The van der Waals surface area contributed by atoms with Gasteiger partial charge in [-0.15, -0.1) is 0 Å². The van der Waals surface area contributed by atoms with Crippen molar-refractivity contribution in [2.24, 2.45) is 0 Å². The van der Waals surface area contributed by atoms with E-state index < -0.39 is 0 Å². The van der Waals surface area contributed by atoms with Crippen molar-refractivity contribution in [1.82, 2.24) is 9.80 Å². The third-order valence-corrected chi connectivity index (χ3v) is 3.97. The van der Waals surface area contributed by atoms with Gasteiger partial charge in [0.25, 0.3) is 0 Å². The van der Waals surface area contributed by atoms with E-state index in [0.717, 1.165) is 51.8 Å².